The zero-order valence-electron chi connectivity index (χ0n) is 31.6. The summed E-state index contributed by atoms with van der Waals surface area (Å²) in [6.45, 7) is 0. The van der Waals surface area contributed by atoms with Crippen LogP contribution in [0, 0.1) is 0 Å². The van der Waals surface area contributed by atoms with Crippen molar-refractivity contribution >= 4 is 92.8 Å². The molecule has 0 aliphatic rings. The minimum atomic E-state index is -6.02. The van der Waals surface area contributed by atoms with Gasteiger partial charge in [-0.25, -0.2) is 0 Å². The second kappa shape index (κ2) is 15.9. The highest BCUT2D eigenvalue weighted by Crippen LogP contribution is 2.53. The van der Waals surface area contributed by atoms with Crippen LogP contribution in [0.5, 0.6) is 5.75 Å². The Morgan fingerprint density at radius 3 is 1.07 bits per heavy atom. The van der Waals surface area contributed by atoms with E-state index in [1.54, 1.807) is 0 Å². The standard InChI is InChI=1S/C49H34F3N3O3S2/c50-49(51,52)60(56,57)58-42-33-44(55(39-27-15-5-16-28-39)40-29-17-6-18-30-40)48-46(34-42)59-45-32-41(53(35-19-7-1-8-20-35)36-21-9-2-10-22-36)31-43(47(45)48)54(37-23-11-3-12-24-37)38-25-13-4-14-26-38/h1-34H. The zero-order valence-corrected chi connectivity index (χ0v) is 33.3. The molecule has 9 rings (SSSR count). The Bertz CT molecular complexity index is 2890. The molecule has 0 aliphatic carbocycles. The molecule has 0 spiro atoms. The van der Waals surface area contributed by atoms with Gasteiger partial charge in [0.2, 0.25) is 0 Å². The third kappa shape index (κ3) is 7.40. The van der Waals surface area contributed by atoms with Crippen molar-refractivity contribution < 1.29 is 25.8 Å². The number of hydrogen-bond donors (Lipinski definition) is 0. The molecule has 0 bridgehead atoms. The first-order chi connectivity index (χ1) is 29.2. The summed E-state index contributed by atoms with van der Waals surface area (Å²) < 4.78 is 73.3. The van der Waals surface area contributed by atoms with Gasteiger partial charge in [-0.15, -0.1) is 11.3 Å². The SMILES string of the molecule is O=S(=O)(Oc1cc(N(c2ccccc2)c2ccccc2)c2c(c1)sc1cc(N(c3ccccc3)c3ccccc3)cc(N(c3ccccc3)c3ccccc3)c12)C(F)(F)F. The Morgan fingerprint density at radius 2 is 0.717 bits per heavy atom. The topological polar surface area (TPSA) is 53.1 Å². The van der Waals surface area contributed by atoms with Crippen molar-refractivity contribution in [3.8, 4) is 5.75 Å². The summed E-state index contributed by atoms with van der Waals surface area (Å²) in [7, 11) is -6.02. The van der Waals surface area contributed by atoms with Gasteiger partial charge in [0.15, 0.2) is 0 Å². The Morgan fingerprint density at radius 1 is 0.400 bits per heavy atom. The Labute approximate surface area is 349 Å². The number of thiophene rings is 1. The fourth-order valence-corrected chi connectivity index (χ4v) is 9.07. The van der Waals surface area contributed by atoms with Crippen molar-refractivity contribution in [3.63, 3.8) is 0 Å². The molecule has 0 N–H and O–H groups in total. The molecular formula is C49H34F3N3O3S2. The largest absolute Gasteiger partial charge is 0.534 e. The predicted molar refractivity (Wildman–Crippen MR) is 239 cm³/mol. The molecule has 8 aromatic carbocycles. The first-order valence-electron chi connectivity index (χ1n) is 18.9. The molecule has 6 nitrogen and oxygen atoms in total. The number of fused-ring (bicyclic) bond motifs is 3. The molecule has 11 heteroatoms. The number of benzene rings is 8. The Kier molecular flexibility index (Phi) is 10.2. The van der Waals surface area contributed by atoms with Gasteiger partial charge in [-0.3, -0.25) is 0 Å². The second-order valence-corrected chi connectivity index (χ2v) is 16.4. The van der Waals surface area contributed by atoms with Gasteiger partial charge in [-0.2, -0.15) is 21.6 Å². The summed E-state index contributed by atoms with van der Waals surface area (Å²) >= 11 is 1.34. The van der Waals surface area contributed by atoms with E-state index in [9.17, 15) is 21.6 Å². The van der Waals surface area contributed by atoms with Crippen molar-refractivity contribution in [1.29, 1.82) is 0 Å². The van der Waals surface area contributed by atoms with Crippen molar-refractivity contribution in [2.75, 3.05) is 14.7 Å². The van der Waals surface area contributed by atoms with Crippen LogP contribution in [0.4, 0.5) is 64.4 Å². The minimum Gasteiger partial charge on any atom is -0.376 e. The molecule has 0 unspecified atom stereocenters. The lowest BCUT2D eigenvalue weighted by Gasteiger charge is -2.31. The lowest BCUT2D eigenvalue weighted by atomic mass is 10.0. The monoisotopic (exact) mass is 833 g/mol. The van der Waals surface area contributed by atoms with Crippen molar-refractivity contribution in [3.05, 3.63) is 206 Å². The molecular weight excluding hydrogens is 800 g/mol. The van der Waals surface area contributed by atoms with Crippen LogP contribution in [0.2, 0.25) is 0 Å². The molecule has 0 saturated carbocycles. The second-order valence-electron chi connectivity index (χ2n) is 13.8. The highest BCUT2D eigenvalue weighted by Gasteiger charge is 2.48. The van der Waals surface area contributed by atoms with Gasteiger partial charge in [0, 0.05) is 66.1 Å². The van der Waals surface area contributed by atoms with Gasteiger partial charge in [0.25, 0.3) is 0 Å². The number of hydrogen-bond acceptors (Lipinski definition) is 7. The molecule has 0 saturated heterocycles. The molecule has 0 amide bonds. The van der Waals surface area contributed by atoms with E-state index in [-0.39, 0.29) is 0 Å². The number of rotatable bonds is 11. The van der Waals surface area contributed by atoms with Crippen LogP contribution in [0.15, 0.2) is 206 Å². The van der Waals surface area contributed by atoms with Crippen LogP contribution < -0.4 is 18.9 Å². The van der Waals surface area contributed by atoms with E-state index in [0.29, 0.717) is 27.1 Å². The highest BCUT2D eigenvalue weighted by molar-refractivity contribution is 7.88. The first kappa shape index (κ1) is 38.4. The quantitative estimate of drug-likeness (QED) is 0.0956. The van der Waals surface area contributed by atoms with E-state index in [1.165, 1.54) is 23.5 Å². The van der Waals surface area contributed by atoms with Crippen LogP contribution in [0.3, 0.4) is 0 Å². The maximum atomic E-state index is 13.9. The van der Waals surface area contributed by atoms with Crippen molar-refractivity contribution in [2.24, 2.45) is 0 Å². The number of anilines is 9. The summed E-state index contributed by atoms with van der Waals surface area (Å²) in [5.41, 5.74) is 1.32. The maximum absolute atomic E-state index is 13.9. The lowest BCUT2D eigenvalue weighted by Crippen LogP contribution is -2.28. The fraction of sp³-hybridized carbons (Fsp3) is 0.0204. The van der Waals surface area contributed by atoms with Crippen molar-refractivity contribution in [2.45, 2.75) is 5.51 Å². The summed E-state index contributed by atoms with van der Waals surface area (Å²) in [4.78, 5) is 6.24. The molecule has 296 valence electrons. The molecule has 0 aliphatic heterocycles. The third-order valence-electron chi connectivity index (χ3n) is 9.91. The first-order valence-corrected chi connectivity index (χ1v) is 21.1. The zero-order chi connectivity index (χ0) is 41.3. The van der Waals surface area contributed by atoms with Crippen LogP contribution in [-0.4, -0.2) is 13.9 Å². The van der Waals surface area contributed by atoms with Crippen LogP contribution in [0.25, 0.3) is 20.2 Å². The van der Waals surface area contributed by atoms with Gasteiger partial charge in [0.1, 0.15) is 5.75 Å². The summed E-state index contributed by atoms with van der Waals surface area (Å²) in [5, 5.41) is 1.48. The predicted octanol–water partition coefficient (Wildman–Crippen LogP) is 14.7. The number of nitrogens with zero attached hydrogens (tertiary/aromatic N) is 3. The fourth-order valence-electron chi connectivity index (χ4n) is 7.41. The average molecular weight is 834 g/mol. The van der Waals surface area contributed by atoms with Crippen LogP contribution in [-0.2, 0) is 10.1 Å². The van der Waals surface area contributed by atoms with Crippen molar-refractivity contribution in [1.82, 2.24) is 0 Å². The average Bonchev–Trinajstić information content (AvgIpc) is 3.64. The van der Waals surface area contributed by atoms with E-state index < -0.39 is 21.4 Å². The molecule has 0 radical (unpaired) electrons. The normalized spacial score (nSPS) is 11.7. The number of alkyl halides is 3. The van der Waals surface area contributed by atoms with Gasteiger partial charge in [-0.1, -0.05) is 109 Å². The maximum Gasteiger partial charge on any atom is 0.534 e. The van der Waals surface area contributed by atoms with E-state index >= 15 is 0 Å². The summed E-state index contributed by atoms with van der Waals surface area (Å²) in [6.07, 6.45) is 0. The highest BCUT2D eigenvalue weighted by atomic mass is 32.2. The van der Waals surface area contributed by atoms with E-state index in [4.69, 9.17) is 4.18 Å². The number of halogens is 3. The smallest absolute Gasteiger partial charge is 0.376 e. The summed E-state index contributed by atoms with van der Waals surface area (Å²) in [5.74, 6) is -0.474. The van der Waals surface area contributed by atoms with Gasteiger partial charge < -0.3 is 18.9 Å². The molecule has 1 heterocycles. The Hall–Kier alpha value is -7.08. The van der Waals surface area contributed by atoms with Gasteiger partial charge >= 0.3 is 15.6 Å². The molecule has 60 heavy (non-hydrogen) atoms. The molecule has 0 fully saturated rings. The molecule has 1 aromatic heterocycles. The lowest BCUT2D eigenvalue weighted by molar-refractivity contribution is -0.0500. The van der Waals surface area contributed by atoms with Gasteiger partial charge in [0.05, 0.1) is 11.4 Å². The Balaban J connectivity index is 1.44. The number of para-hydroxylation sites is 6. The third-order valence-corrected chi connectivity index (χ3v) is 12.0. The van der Waals surface area contributed by atoms with E-state index in [1.807, 2.05) is 187 Å². The minimum absolute atomic E-state index is 0.418. The summed E-state index contributed by atoms with van der Waals surface area (Å²) in [6, 6.07) is 65.7. The van der Waals surface area contributed by atoms with E-state index in [2.05, 4.69) is 21.9 Å². The molecule has 0 atom stereocenters. The van der Waals surface area contributed by atoms with Crippen LogP contribution in [0.1, 0.15) is 0 Å². The molecule has 9 aromatic rings. The van der Waals surface area contributed by atoms with Crippen LogP contribution >= 0.6 is 11.3 Å². The van der Waals surface area contributed by atoms with E-state index in [0.717, 1.165) is 44.2 Å². The van der Waals surface area contributed by atoms with Gasteiger partial charge in [-0.05, 0) is 91.0 Å².